The molecule has 0 spiro atoms. The van der Waals surface area contributed by atoms with E-state index in [1.54, 1.807) is 13.1 Å². The van der Waals surface area contributed by atoms with Crippen LogP contribution in [-0.4, -0.2) is 25.0 Å². The maximum atomic E-state index is 12.6. The highest BCUT2D eigenvalue weighted by Crippen LogP contribution is 2.32. The van der Waals surface area contributed by atoms with Crippen LogP contribution in [0.25, 0.3) is 0 Å². The average molecular weight is 357 g/mol. The fourth-order valence-electron chi connectivity index (χ4n) is 2.50. The molecule has 26 heavy (non-hydrogen) atoms. The topological polar surface area (TPSA) is 93.5 Å². The van der Waals surface area contributed by atoms with Gasteiger partial charge in [0.25, 0.3) is 11.6 Å². The number of nitrogens with one attached hydrogen (secondary N) is 2. The van der Waals surface area contributed by atoms with Crippen LogP contribution in [-0.2, 0) is 5.41 Å². The van der Waals surface area contributed by atoms with Gasteiger partial charge >= 0.3 is 0 Å². The quantitative estimate of drug-likeness (QED) is 0.618. The van der Waals surface area contributed by atoms with E-state index in [0.717, 1.165) is 5.56 Å². The van der Waals surface area contributed by atoms with Crippen molar-refractivity contribution in [1.82, 2.24) is 0 Å². The van der Waals surface area contributed by atoms with Crippen molar-refractivity contribution in [2.45, 2.75) is 26.2 Å². The molecule has 1 amide bonds. The van der Waals surface area contributed by atoms with Crippen molar-refractivity contribution < 1.29 is 14.5 Å². The van der Waals surface area contributed by atoms with Crippen molar-refractivity contribution in [3.8, 4) is 5.75 Å². The summed E-state index contributed by atoms with van der Waals surface area (Å²) in [5.41, 5.74) is 1.84. The smallest absolute Gasteiger partial charge is 0.293 e. The minimum absolute atomic E-state index is 0.0982. The van der Waals surface area contributed by atoms with Gasteiger partial charge < -0.3 is 15.4 Å². The summed E-state index contributed by atoms with van der Waals surface area (Å²) >= 11 is 0. The number of carbonyl (C=O) groups excluding carboxylic acids is 1. The number of benzene rings is 2. The SMILES string of the molecule is CNc1ccc(C(=O)Nc2cc(C(C)(C)C)ccc2OC)cc1[N+](=O)[O-]. The molecule has 2 rings (SSSR count). The number of rotatable bonds is 5. The summed E-state index contributed by atoms with van der Waals surface area (Å²) in [4.78, 5) is 23.3. The molecular formula is C19H23N3O4. The molecule has 7 heteroatoms. The second-order valence-corrected chi connectivity index (χ2v) is 6.86. The molecule has 2 N–H and O–H groups in total. The van der Waals surface area contributed by atoms with Crippen LogP contribution in [0.1, 0.15) is 36.7 Å². The molecule has 0 saturated carbocycles. The lowest BCUT2D eigenvalue weighted by Gasteiger charge is -2.21. The number of nitrogens with zero attached hydrogens (tertiary/aromatic N) is 1. The molecule has 0 aliphatic heterocycles. The molecule has 7 nitrogen and oxygen atoms in total. The monoisotopic (exact) mass is 357 g/mol. The Balaban J connectivity index is 2.38. The van der Waals surface area contributed by atoms with Crippen molar-refractivity contribution >= 4 is 23.0 Å². The van der Waals surface area contributed by atoms with Crippen molar-refractivity contribution in [2.75, 3.05) is 24.8 Å². The number of nitro groups is 1. The highest BCUT2D eigenvalue weighted by Gasteiger charge is 2.20. The minimum Gasteiger partial charge on any atom is -0.495 e. The van der Waals surface area contributed by atoms with Gasteiger partial charge in [-0.05, 0) is 35.2 Å². The first-order valence-electron chi connectivity index (χ1n) is 8.13. The first kappa shape index (κ1) is 19.2. The first-order chi connectivity index (χ1) is 12.2. The minimum atomic E-state index is -0.524. The van der Waals surface area contributed by atoms with Crippen LogP contribution in [0.15, 0.2) is 36.4 Å². The third-order valence-corrected chi connectivity index (χ3v) is 4.04. The lowest BCUT2D eigenvalue weighted by Crippen LogP contribution is -2.16. The fraction of sp³-hybridized carbons (Fsp3) is 0.316. The maximum Gasteiger partial charge on any atom is 0.293 e. The summed E-state index contributed by atoms with van der Waals surface area (Å²) in [5.74, 6) is 0.0767. The van der Waals surface area contributed by atoms with Crippen LogP contribution in [0.4, 0.5) is 17.1 Å². The molecule has 0 bridgehead atoms. The fourth-order valence-corrected chi connectivity index (χ4v) is 2.50. The molecule has 2 aromatic carbocycles. The van der Waals surface area contributed by atoms with Gasteiger partial charge in [-0.15, -0.1) is 0 Å². The summed E-state index contributed by atoms with van der Waals surface area (Å²) < 4.78 is 5.32. The van der Waals surface area contributed by atoms with Crippen LogP contribution in [0.3, 0.4) is 0 Å². The van der Waals surface area contributed by atoms with Crippen LogP contribution in [0.5, 0.6) is 5.75 Å². The van der Waals surface area contributed by atoms with Gasteiger partial charge in [-0.1, -0.05) is 26.8 Å². The van der Waals surface area contributed by atoms with Gasteiger partial charge in [0.05, 0.1) is 17.7 Å². The van der Waals surface area contributed by atoms with E-state index in [-0.39, 0.29) is 16.7 Å². The Bertz CT molecular complexity index is 841. The zero-order valence-electron chi connectivity index (χ0n) is 15.5. The second kappa shape index (κ2) is 7.43. The Morgan fingerprint density at radius 3 is 2.35 bits per heavy atom. The summed E-state index contributed by atoms with van der Waals surface area (Å²) in [5, 5.41) is 16.7. The maximum absolute atomic E-state index is 12.6. The predicted molar refractivity (Wildman–Crippen MR) is 102 cm³/mol. The van der Waals surface area contributed by atoms with Gasteiger partial charge in [-0.25, -0.2) is 0 Å². The summed E-state index contributed by atoms with van der Waals surface area (Å²) in [6.45, 7) is 6.21. The van der Waals surface area contributed by atoms with Crippen LogP contribution < -0.4 is 15.4 Å². The normalized spacial score (nSPS) is 11.0. The summed E-state index contributed by atoms with van der Waals surface area (Å²) in [7, 11) is 3.11. The third kappa shape index (κ3) is 4.11. The second-order valence-electron chi connectivity index (χ2n) is 6.86. The van der Waals surface area contributed by atoms with E-state index < -0.39 is 10.8 Å². The molecule has 0 fully saturated rings. The van der Waals surface area contributed by atoms with Crippen LogP contribution in [0.2, 0.25) is 0 Å². The number of nitro benzene ring substituents is 1. The lowest BCUT2D eigenvalue weighted by molar-refractivity contribution is -0.384. The lowest BCUT2D eigenvalue weighted by atomic mass is 9.87. The predicted octanol–water partition coefficient (Wildman–Crippen LogP) is 4.19. The molecule has 2 aromatic rings. The molecule has 0 atom stereocenters. The van der Waals surface area contributed by atoms with Gasteiger partial charge in [0.1, 0.15) is 11.4 Å². The largest absolute Gasteiger partial charge is 0.495 e. The molecular weight excluding hydrogens is 334 g/mol. The average Bonchev–Trinajstić information content (AvgIpc) is 2.60. The standard InChI is InChI=1S/C19H23N3O4/c1-19(2,3)13-7-9-17(26-5)15(11-13)21-18(23)12-6-8-14(20-4)16(10-12)22(24)25/h6-11,20H,1-5H3,(H,21,23). The number of ether oxygens (including phenoxy) is 1. The highest BCUT2D eigenvalue weighted by molar-refractivity contribution is 6.05. The Morgan fingerprint density at radius 2 is 1.81 bits per heavy atom. The molecule has 138 valence electrons. The van der Waals surface area contributed by atoms with E-state index in [1.807, 2.05) is 12.1 Å². The molecule has 0 radical (unpaired) electrons. The zero-order chi connectivity index (χ0) is 19.5. The number of carbonyl (C=O) groups is 1. The number of amides is 1. The van der Waals surface area contributed by atoms with E-state index in [0.29, 0.717) is 17.1 Å². The van der Waals surface area contributed by atoms with E-state index in [2.05, 4.69) is 31.4 Å². The number of hydrogen-bond acceptors (Lipinski definition) is 5. The molecule has 0 saturated heterocycles. The third-order valence-electron chi connectivity index (χ3n) is 4.04. The van der Waals surface area contributed by atoms with E-state index in [9.17, 15) is 14.9 Å². The van der Waals surface area contributed by atoms with E-state index in [4.69, 9.17) is 4.74 Å². The van der Waals surface area contributed by atoms with Crippen molar-refractivity contribution in [3.05, 3.63) is 57.6 Å². The van der Waals surface area contributed by atoms with Gasteiger partial charge in [0.15, 0.2) is 0 Å². The van der Waals surface area contributed by atoms with Gasteiger partial charge in [0.2, 0.25) is 0 Å². The van der Waals surface area contributed by atoms with Gasteiger partial charge in [0, 0.05) is 18.7 Å². The van der Waals surface area contributed by atoms with Crippen molar-refractivity contribution in [1.29, 1.82) is 0 Å². The van der Waals surface area contributed by atoms with Crippen molar-refractivity contribution in [3.63, 3.8) is 0 Å². The summed E-state index contributed by atoms with van der Waals surface area (Å²) in [6.07, 6.45) is 0. The number of hydrogen-bond donors (Lipinski definition) is 2. The van der Waals surface area contributed by atoms with E-state index in [1.165, 1.54) is 25.3 Å². The van der Waals surface area contributed by atoms with Crippen LogP contribution in [0, 0.1) is 10.1 Å². The molecule has 0 heterocycles. The Hall–Kier alpha value is -3.09. The van der Waals surface area contributed by atoms with Crippen molar-refractivity contribution in [2.24, 2.45) is 0 Å². The summed E-state index contributed by atoms with van der Waals surface area (Å²) in [6, 6.07) is 9.89. The molecule has 0 aliphatic carbocycles. The zero-order valence-corrected chi connectivity index (χ0v) is 15.5. The van der Waals surface area contributed by atoms with Gasteiger partial charge in [-0.2, -0.15) is 0 Å². The van der Waals surface area contributed by atoms with Crippen LogP contribution >= 0.6 is 0 Å². The Labute approximate surface area is 152 Å². The molecule has 0 unspecified atom stereocenters. The number of anilines is 2. The van der Waals surface area contributed by atoms with Gasteiger partial charge in [-0.3, -0.25) is 14.9 Å². The first-order valence-corrected chi connectivity index (χ1v) is 8.13. The Morgan fingerprint density at radius 1 is 1.12 bits per heavy atom. The molecule has 0 aromatic heterocycles. The Kier molecular flexibility index (Phi) is 5.50. The highest BCUT2D eigenvalue weighted by atomic mass is 16.6. The van der Waals surface area contributed by atoms with E-state index >= 15 is 0 Å². The molecule has 0 aliphatic rings. The number of methoxy groups -OCH3 is 1.